The Morgan fingerprint density at radius 2 is 0.818 bits per heavy atom. The van der Waals surface area contributed by atoms with E-state index in [1.165, 1.54) is 66.8 Å². The van der Waals surface area contributed by atoms with Gasteiger partial charge in [-0.1, -0.05) is 83.9 Å². The molecule has 1 heteroatoms. The fourth-order valence-electron chi connectivity index (χ4n) is 5.26. The van der Waals surface area contributed by atoms with Gasteiger partial charge in [-0.25, -0.2) is 0 Å². The Morgan fingerprint density at radius 1 is 0.485 bits per heavy atom. The topological polar surface area (TPSA) is 9.23 Å². The van der Waals surface area contributed by atoms with Gasteiger partial charge in [0.1, 0.15) is 0 Å². The van der Waals surface area contributed by atoms with Gasteiger partial charge in [0.25, 0.3) is 0 Å². The second-order valence-corrected chi connectivity index (χ2v) is 9.35. The number of aryl methyl sites for hydroxylation is 6. The number of ether oxygens (including phenoxy) is 1. The number of rotatable bonds is 6. The van der Waals surface area contributed by atoms with Crippen LogP contribution in [0.1, 0.15) is 44.5 Å². The van der Waals surface area contributed by atoms with E-state index in [4.69, 9.17) is 4.74 Å². The Balaban J connectivity index is 1.60. The van der Waals surface area contributed by atoms with Gasteiger partial charge in [-0.05, 0) is 97.2 Å². The molecule has 0 bridgehead atoms. The summed E-state index contributed by atoms with van der Waals surface area (Å²) < 4.78 is 6.34. The Labute approximate surface area is 199 Å². The molecule has 4 aromatic rings. The van der Waals surface area contributed by atoms with Crippen LogP contribution in [-0.2, 0) is 18.0 Å². The van der Waals surface area contributed by atoms with Crippen LogP contribution in [0.3, 0.4) is 0 Å². The summed E-state index contributed by atoms with van der Waals surface area (Å²) in [7, 11) is 0. The first-order valence-corrected chi connectivity index (χ1v) is 11.7. The lowest BCUT2D eigenvalue weighted by Gasteiger charge is -2.18. The second-order valence-electron chi connectivity index (χ2n) is 9.35. The molecule has 0 heterocycles. The van der Waals surface area contributed by atoms with Crippen molar-refractivity contribution in [2.45, 2.75) is 54.8 Å². The molecule has 0 fully saturated rings. The van der Waals surface area contributed by atoms with Crippen molar-refractivity contribution in [1.82, 2.24) is 0 Å². The van der Waals surface area contributed by atoms with Gasteiger partial charge in [0.15, 0.2) is 0 Å². The Morgan fingerprint density at radius 3 is 1.18 bits per heavy atom. The van der Waals surface area contributed by atoms with Crippen LogP contribution in [0.5, 0.6) is 0 Å². The summed E-state index contributed by atoms with van der Waals surface area (Å²) in [6.45, 7) is 14.3. The van der Waals surface area contributed by atoms with Crippen molar-refractivity contribution in [3.63, 3.8) is 0 Å². The van der Waals surface area contributed by atoms with Crippen molar-refractivity contribution >= 4 is 0 Å². The fraction of sp³-hybridized carbons (Fsp3) is 0.250. The molecule has 0 aliphatic carbocycles. The minimum Gasteiger partial charge on any atom is -0.372 e. The van der Waals surface area contributed by atoms with Crippen molar-refractivity contribution < 1.29 is 4.74 Å². The van der Waals surface area contributed by atoms with Crippen molar-refractivity contribution in [1.29, 1.82) is 0 Å². The molecule has 0 aromatic heterocycles. The summed E-state index contributed by atoms with van der Waals surface area (Å²) in [5, 5.41) is 0. The van der Waals surface area contributed by atoms with Crippen LogP contribution in [0.15, 0.2) is 72.8 Å². The molecule has 4 rings (SSSR count). The molecule has 0 radical (unpaired) electrons. The maximum Gasteiger partial charge on any atom is 0.0727 e. The lowest BCUT2D eigenvalue weighted by Crippen LogP contribution is -2.01. The van der Waals surface area contributed by atoms with E-state index in [9.17, 15) is 0 Å². The highest BCUT2D eigenvalue weighted by molar-refractivity contribution is 5.75. The predicted octanol–water partition coefficient (Wildman–Crippen LogP) is 8.59. The van der Waals surface area contributed by atoms with Crippen LogP contribution in [0.4, 0.5) is 0 Å². The van der Waals surface area contributed by atoms with Gasteiger partial charge in [0.05, 0.1) is 13.2 Å². The van der Waals surface area contributed by atoms with E-state index in [0.29, 0.717) is 13.2 Å². The Kier molecular flexibility index (Phi) is 6.81. The largest absolute Gasteiger partial charge is 0.372 e. The van der Waals surface area contributed by atoms with Crippen molar-refractivity contribution in [3.05, 3.63) is 117 Å². The van der Waals surface area contributed by atoms with Crippen LogP contribution in [0.25, 0.3) is 22.3 Å². The number of hydrogen-bond acceptors (Lipinski definition) is 1. The van der Waals surface area contributed by atoms with Crippen LogP contribution in [0.2, 0.25) is 0 Å². The first kappa shape index (κ1) is 23.0. The molecule has 0 aliphatic heterocycles. The highest BCUT2D eigenvalue weighted by Crippen LogP contribution is 2.33. The quantitative estimate of drug-likeness (QED) is 0.295. The Hall–Kier alpha value is -3.16. The van der Waals surface area contributed by atoms with Crippen molar-refractivity contribution in [3.8, 4) is 22.3 Å². The molecule has 0 amide bonds. The maximum absolute atomic E-state index is 6.34. The number of hydrogen-bond donors (Lipinski definition) is 0. The molecule has 0 unspecified atom stereocenters. The van der Waals surface area contributed by atoms with Crippen LogP contribution >= 0.6 is 0 Å². The van der Waals surface area contributed by atoms with Crippen molar-refractivity contribution in [2.75, 3.05) is 0 Å². The molecular formula is C32H34O. The van der Waals surface area contributed by atoms with E-state index >= 15 is 0 Å². The monoisotopic (exact) mass is 434 g/mol. The summed E-state index contributed by atoms with van der Waals surface area (Å²) in [5.41, 5.74) is 15.5. The molecular weight excluding hydrogens is 400 g/mol. The SMILES string of the molecule is Cc1cc(C)c(-c2ccccc2COCc2ccccc2-c2c(C)cc(C)cc2C)c(C)c1. The molecule has 1 nitrogen and oxygen atoms in total. The zero-order valence-electron chi connectivity index (χ0n) is 20.8. The molecule has 0 saturated carbocycles. The number of benzene rings is 4. The third kappa shape index (κ3) is 4.94. The average Bonchev–Trinajstić information content (AvgIpc) is 2.74. The fourth-order valence-corrected chi connectivity index (χ4v) is 5.26. The van der Waals surface area contributed by atoms with Crippen LogP contribution < -0.4 is 0 Å². The summed E-state index contributed by atoms with van der Waals surface area (Å²) in [4.78, 5) is 0. The lowest BCUT2D eigenvalue weighted by molar-refractivity contribution is 0.108. The summed E-state index contributed by atoms with van der Waals surface area (Å²) in [6.07, 6.45) is 0. The van der Waals surface area contributed by atoms with E-state index in [0.717, 1.165) is 0 Å². The molecule has 0 saturated heterocycles. The zero-order valence-corrected chi connectivity index (χ0v) is 20.8. The van der Waals surface area contributed by atoms with Gasteiger partial charge >= 0.3 is 0 Å². The van der Waals surface area contributed by atoms with Crippen molar-refractivity contribution in [2.24, 2.45) is 0 Å². The van der Waals surface area contributed by atoms with Crippen LogP contribution in [-0.4, -0.2) is 0 Å². The van der Waals surface area contributed by atoms with E-state index < -0.39 is 0 Å². The maximum atomic E-state index is 6.34. The first-order chi connectivity index (χ1) is 15.8. The second kappa shape index (κ2) is 9.77. The predicted molar refractivity (Wildman–Crippen MR) is 141 cm³/mol. The van der Waals surface area contributed by atoms with E-state index in [2.05, 4.69) is 114 Å². The third-order valence-corrected chi connectivity index (χ3v) is 6.44. The molecule has 4 aromatic carbocycles. The minimum atomic E-state index is 0.586. The molecule has 0 N–H and O–H groups in total. The summed E-state index contributed by atoms with van der Waals surface area (Å²) in [6, 6.07) is 26.3. The van der Waals surface area contributed by atoms with Gasteiger partial charge in [-0.3, -0.25) is 0 Å². The van der Waals surface area contributed by atoms with Gasteiger partial charge < -0.3 is 4.74 Å². The molecule has 0 aliphatic rings. The molecule has 168 valence electrons. The average molecular weight is 435 g/mol. The molecule has 0 spiro atoms. The molecule has 33 heavy (non-hydrogen) atoms. The first-order valence-electron chi connectivity index (χ1n) is 11.7. The standard InChI is InChI=1S/C32H34O/c1-21-15-23(3)31(24(4)16-21)29-13-9-7-11-27(29)19-33-20-28-12-8-10-14-30(28)32-25(5)17-22(2)18-26(32)6/h7-18H,19-20H2,1-6H3. The van der Waals surface area contributed by atoms with E-state index in [1.807, 2.05) is 0 Å². The van der Waals surface area contributed by atoms with Crippen LogP contribution in [0, 0.1) is 41.5 Å². The normalized spacial score (nSPS) is 11.1. The molecule has 0 atom stereocenters. The highest BCUT2D eigenvalue weighted by atomic mass is 16.5. The smallest absolute Gasteiger partial charge is 0.0727 e. The van der Waals surface area contributed by atoms with Gasteiger partial charge in [-0.15, -0.1) is 0 Å². The van der Waals surface area contributed by atoms with Gasteiger partial charge in [0.2, 0.25) is 0 Å². The highest BCUT2D eigenvalue weighted by Gasteiger charge is 2.13. The van der Waals surface area contributed by atoms with E-state index in [1.54, 1.807) is 0 Å². The lowest BCUT2D eigenvalue weighted by atomic mass is 9.91. The zero-order chi connectivity index (χ0) is 23.5. The van der Waals surface area contributed by atoms with E-state index in [-0.39, 0.29) is 0 Å². The minimum absolute atomic E-state index is 0.586. The third-order valence-electron chi connectivity index (χ3n) is 6.44. The Bertz CT molecular complexity index is 1150. The van der Waals surface area contributed by atoms with Gasteiger partial charge in [0, 0.05) is 0 Å². The summed E-state index contributed by atoms with van der Waals surface area (Å²) >= 11 is 0. The summed E-state index contributed by atoms with van der Waals surface area (Å²) in [5.74, 6) is 0. The van der Waals surface area contributed by atoms with Gasteiger partial charge in [-0.2, -0.15) is 0 Å².